The summed E-state index contributed by atoms with van der Waals surface area (Å²) in [7, 11) is -3.41. The first-order valence-corrected chi connectivity index (χ1v) is 9.80. The molecule has 3 rings (SSSR count). The second-order valence-corrected chi connectivity index (χ2v) is 9.64. The number of rotatable bonds is 4. The van der Waals surface area contributed by atoms with Crippen LogP contribution >= 0.6 is 27.3 Å². The van der Waals surface area contributed by atoms with Gasteiger partial charge < -0.3 is 4.57 Å². The average molecular weight is 390 g/mol. The molecule has 0 aromatic carbocycles. The lowest BCUT2D eigenvalue weighted by Crippen LogP contribution is -2.33. The van der Waals surface area contributed by atoms with Gasteiger partial charge in [-0.2, -0.15) is 0 Å². The fourth-order valence-electron chi connectivity index (χ4n) is 2.47. The number of nitrogens with one attached hydrogen (secondary N) is 1. The van der Waals surface area contributed by atoms with Gasteiger partial charge in [0, 0.05) is 31.9 Å². The van der Waals surface area contributed by atoms with Crippen molar-refractivity contribution in [1.29, 1.82) is 0 Å². The monoisotopic (exact) mass is 389 g/mol. The van der Waals surface area contributed by atoms with Gasteiger partial charge in [0.25, 0.3) is 0 Å². The van der Waals surface area contributed by atoms with Gasteiger partial charge in [0.2, 0.25) is 10.0 Å². The lowest BCUT2D eigenvalue weighted by Gasteiger charge is -2.23. The van der Waals surface area contributed by atoms with Crippen LogP contribution in [0.2, 0.25) is 0 Å². The van der Waals surface area contributed by atoms with Crippen LogP contribution in [-0.4, -0.2) is 24.5 Å². The first-order valence-electron chi connectivity index (χ1n) is 6.71. The van der Waals surface area contributed by atoms with E-state index in [2.05, 4.69) is 30.2 Å². The van der Waals surface area contributed by atoms with E-state index in [0.29, 0.717) is 16.7 Å². The Morgan fingerprint density at radius 3 is 3.10 bits per heavy atom. The van der Waals surface area contributed by atoms with E-state index < -0.39 is 10.0 Å². The molecule has 8 heteroatoms. The van der Waals surface area contributed by atoms with Crippen molar-refractivity contribution in [2.75, 3.05) is 6.54 Å². The zero-order valence-electron chi connectivity index (χ0n) is 11.5. The van der Waals surface area contributed by atoms with Crippen molar-refractivity contribution >= 4 is 37.3 Å². The lowest BCUT2D eigenvalue weighted by molar-refractivity contribution is 0.363. The molecule has 0 fully saturated rings. The van der Waals surface area contributed by atoms with Crippen LogP contribution in [0.25, 0.3) is 0 Å². The quantitative estimate of drug-likeness (QED) is 0.873. The van der Waals surface area contributed by atoms with Gasteiger partial charge >= 0.3 is 0 Å². The standard InChI is InChI=1S/C13H16BrN3O2S2/c1-9-6-12(20-13(9)14)21(18,19)16-7-10-2-3-11-15-4-5-17(11)8-10/h4-6,10,16H,2-3,7-8H2,1H3. The lowest BCUT2D eigenvalue weighted by atomic mass is 10.00. The van der Waals surface area contributed by atoms with Crippen molar-refractivity contribution < 1.29 is 8.42 Å². The van der Waals surface area contributed by atoms with Crippen molar-refractivity contribution in [2.45, 2.75) is 30.5 Å². The molecule has 21 heavy (non-hydrogen) atoms. The third-order valence-electron chi connectivity index (χ3n) is 3.69. The Morgan fingerprint density at radius 1 is 1.57 bits per heavy atom. The molecule has 3 heterocycles. The SMILES string of the molecule is Cc1cc(S(=O)(=O)NCC2CCc3nccn3C2)sc1Br. The van der Waals surface area contributed by atoms with E-state index in [1.807, 2.05) is 13.1 Å². The van der Waals surface area contributed by atoms with Crippen LogP contribution in [-0.2, 0) is 23.0 Å². The molecule has 1 unspecified atom stereocenters. The number of nitrogens with zero attached hydrogens (tertiary/aromatic N) is 2. The molecule has 1 atom stereocenters. The van der Waals surface area contributed by atoms with Gasteiger partial charge in [-0.3, -0.25) is 0 Å². The summed E-state index contributed by atoms with van der Waals surface area (Å²) in [6, 6.07) is 1.70. The van der Waals surface area contributed by atoms with Gasteiger partial charge in [-0.05, 0) is 46.8 Å². The molecule has 1 aliphatic heterocycles. The van der Waals surface area contributed by atoms with Crippen LogP contribution in [0.5, 0.6) is 0 Å². The molecule has 1 aliphatic rings. The molecule has 0 amide bonds. The molecule has 114 valence electrons. The highest BCUT2D eigenvalue weighted by atomic mass is 79.9. The summed E-state index contributed by atoms with van der Waals surface area (Å²) >= 11 is 4.61. The molecule has 0 bridgehead atoms. The summed E-state index contributed by atoms with van der Waals surface area (Å²) in [5, 5.41) is 0. The Bertz CT molecular complexity index is 732. The molecular formula is C13H16BrN3O2S2. The van der Waals surface area contributed by atoms with Crippen LogP contribution in [0.4, 0.5) is 0 Å². The zero-order chi connectivity index (χ0) is 15.0. The van der Waals surface area contributed by atoms with Crippen molar-refractivity contribution in [3.63, 3.8) is 0 Å². The van der Waals surface area contributed by atoms with E-state index in [1.54, 1.807) is 12.3 Å². The minimum atomic E-state index is -3.41. The Kier molecular flexibility index (Phi) is 4.22. The number of thiophene rings is 1. The molecule has 0 spiro atoms. The summed E-state index contributed by atoms with van der Waals surface area (Å²) in [6.45, 7) is 3.18. The Balaban J connectivity index is 1.65. The van der Waals surface area contributed by atoms with Crippen molar-refractivity contribution in [2.24, 2.45) is 5.92 Å². The number of imidazole rings is 1. The predicted molar refractivity (Wildman–Crippen MR) is 86.0 cm³/mol. The van der Waals surface area contributed by atoms with E-state index in [4.69, 9.17) is 0 Å². The van der Waals surface area contributed by atoms with Crippen LogP contribution in [0, 0.1) is 12.8 Å². The summed E-state index contributed by atoms with van der Waals surface area (Å²) in [5.74, 6) is 1.40. The molecule has 2 aromatic heterocycles. The summed E-state index contributed by atoms with van der Waals surface area (Å²) in [4.78, 5) is 4.28. The highest BCUT2D eigenvalue weighted by molar-refractivity contribution is 9.11. The van der Waals surface area contributed by atoms with Crippen molar-refractivity contribution in [3.05, 3.63) is 33.6 Å². The molecule has 2 aromatic rings. The van der Waals surface area contributed by atoms with Gasteiger partial charge in [0.05, 0.1) is 3.79 Å². The van der Waals surface area contributed by atoms with Gasteiger partial charge in [-0.1, -0.05) is 0 Å². The number of hydrogen-bond acceptors (Lipinski definition) is 4. The minimum absolute atomic E-state index is 0.311. The van der Waals surface area contributed by atoms with Crippen LogP contribution < -0.4 is 4.72 Å². The Hall–Kier alpha value is -0.700. The Morgan fingerprint density at radius 2 is 2.38 bits per heavy atom. The molecule has 1 N–H and O–H groups in total. The second kappa shape index (κ2) is 5.83. The summed E-state index contributed by atoms with van der Waals surface area (Å²) < 4.78 is 30.7. The van der Waals surface area contributed by atoms with Crippen molar-refractivity contribution in [3.8, 4) is 0 Å². The van der Waals surface area contributed by atoms with E-state index in [1.165, 1.54) is 11.3 Å². The maximum Gasteiger partial charge on any atom is 0.250 e. The molecular weight excluding hydrogens is 374 g/mol. The summed E-state index contributed by atoms with van der Waals surface area (Å²) in [5.41, 5.74) is 0.945. The van der Waals surface area contributed by atoms with E-state index in [-0.39, 0.29) is 0 Å². The number of hydrogen-bond donors (Lipinski definition) is 1. The van der Waals surface area contributed by atoms with Gasteiger partial charge in [0.1, 0.15) is 10.0 Å². The van der Waals surface area contributed by atoms with Gasteiger partial charge in [0.15, 0.2) is 0 Å². The topological polar surface area (TPSA) is 64.0 Å². The van der Waals surface area contributed by atoms with Gasteiger partial charge in [-0.15, -0.1) is 11.3 Å². The fourth-order valence-corrected chi connectivity index (χ4v) is 5.85. The molecule has 0 saturated carbocycles. The number of halogens is 1. The third-order valence-corrected chi connectivity index (χ3v) is 7.73. The fraction of sp³-hybridized carbons (Fsp3) is 0.462. The molecule has 0 radical (unpaired) electrons. The smallest absolute Gasteiger partial charge is 0.250 e. The normalized spacial score (nSPS) is 18.7. The number of aryl methyl sites for hydroxylation is 2. The zero-order valence-corrected chi connectivity index (χ0v) is 14.8. The van der Waals surface area contributed by atoms with Crippen LogP contribution in [0.15, 0.2) is 26.5 Å². The maximum absolute atomic E-state index is 12.3. The Labute approximate surface area is 136 Å². The highest BCUT2D eigenvalue weighted by Gasteiger charge is 2.23. The summed E-state index contributed by atoms with van der Waals surface area (Å²) in [6.07, 6.45) is 5.62. The molecule has 0 saturated heterocycles. The largest absolute Gasteiger partial charge is 0.335 e. The van der Waals surface area contributed by atoms with Crippen molar-refractivity contribution in [1.82, 2.24) is 14.3 Å². The van der Waals surface area contributed by atoms with E-state index in [0.717, 1.165) is 34.6 Å². The first-order chi connectivity index (χ1) is 9.95. The predicted octanol–water partition coefficient (Wildman–Crippen LogP) is 2.56. The minimum Gasteiger partial charge on any atom is -0.335 e. The van der Waals surface area contributed by atoms with Crippen LogP contribution in [0.1, 0.15) is 17.8 Å². The first kappa shape index (κ1) is 15.2. The number of aromatic nitrogens is 2. The average Bonchev–Trinajstić information content (AvgIpc) is 3.04. The highest BCUT2D eigenvalue weighted by Crippen LogP contribution is 2.30. The van der Waals surface area contributed by atoms with Crippen LogP contribution in [0.3, 0.4) is 0 Å². The number of sulfonamides is 1. The molecule has 5 nitrogen and oxygen atoms in total. The number of fused-ring (bicyclic) bond motifs is 1. The third kappa shape index (κ3) is 3.23. The van der Waals surface area contributed by atoms with E-state index >= 15 is 0 Å². The van der Waals surface area contributed by atoms with E-state index in [9.17, 15) is 8.42 Å². The maximum atomic E-state index is 12.3. The molecule has 0 aliphatic carbocycles. The second-order valence-electron chi connectivity index (χ2n) is 5.27. The van der Waals surface area contributed by atoms with Gasteiger partial charge in [-0.25, -0.2) is 18.1 Å².